The Morgan fingerprint density at radius 3 is 1.21 bits per heavy atom. The van der Waals surface area contributed by atoms with Gasteiger partial charge in [0.2, 0.25) is 0 Å². The molecule has 0 aliphatic carbocycles. The maximum atomic E-state index is 10.4. The first-order chi connectivity index (χ1) is 13.8. The molecule has 0 amide bonds. The Labute approximate surface area is 176 Å². The molecule has 0 spiro atoms. The van der Waals surface area contributed by atoms with Crippen LogP contribution in [0.5, 0.6) is 0 Å². The molecule has 0 aromatic heterocycles. The van der Waals surface area contributed by atoms with Gasteiger partial charge < -0.3 is 5.11 Å². The Morgan fingerprint density at radius 2 is 0.857 bits per heavy atom. The Hall–Kier alpha value is -0.790. The van der Waals surface area contributed by atoms with E-state index in [9.17, 15) is 4.79 Å². The molecule has 0 fully saturated rings. The predicted molar refractivity (Wildman–Crippen MR) is 124 cm³/mol. The van der Waals surface area contributed by atoms with Crippen molar-refractivity contribution in [2.75, 3.05) is 0 Å². The summed E-state index contributed by atoms with van der Waals surface area (Å²) in [4.78, 5) is 10.4. The SMILES string of the molecule is CCCCCCCCCC=CCCCCCCCCCCCCCCC(=O)O. The number of unbranched alkanes of at least 4 members (excludes halogenated alkanes) is 19. The molecule has 0 aromatic rings. The lowest BCUT2D eigenvalue weighted by Crippen LogP contribution is -1.93. The van der Waals surface area contributed by atoms with Gasteiger partial charge >= 0.3 is 5.97 Å². The Morgan fingerprint density at radius 1 is 0.536 bits per heavy atom. The topological polar surface area (TPSA) is 37.3 Å². The van der Waals surface area contributed by atoms with Crippen LogP contribution in [0, 0.1) is 0 Å². The summed E-state index contributed by atoms with van der Waals surface area (Å²) in [5.41, 5.74) is 0. The fourth-order valence-electron chi connectivity index (χ4n) is 3.76. The molecule has 0 aliphatic rings. The number of rotatable bonds is 23. The summed E-state index contributed by atoms with van der Waals surface area (Å²) >= 11 is 0. The second kappa shape index (κ2) is 24.2. The third-order valence-electron chi connectivity index (χ3n) is 5.65. The van der Waals surface area contributed by atoms with E-state index in [4.69, 9.17) is 5.11 Å². The first-order valence-corrected chi connectivity index (χ1v) is 12.6. The molecular formula is C26H50O2. The number of carboxylic acids is 1. The van der Waals surface area contributed by atoms with Gasteiger partial charge in [-0.15, -0.1) is 0 Å². The molecule has 2 heteroatoms. The lowest BCUT2D eigenvalue weighted by Gasteiger charge is -2.02. The van der Waals surface area contributed by atoms with Crippen LogP contribution in [-0.4, -0.2) is 11.1 Å². The zero-order valence-corrected chi connectivity index (χ0v) is 19.1. The van der Waals surface area contributed by atoms with Gasteiger partial charge in [0.15, 0.2) is 0 Å². The largest absolute Gasteiger partial charge is 0.481 e. The van der Waals surface area contributed by atoms with Crippen molar-refractivity contribution >= 4 is 5.97 Å². The van der Waals surface area contributed by atoms with Gasteiger partial charge in [-0.2, -0.15) is 0 Å². The van der Waals surface area contributed by atoms with Gasteiger partial charge in [0.25, 0.3) is 0 Å². The number of carbonyl (C=O) groups is 1. The van der Waals surface area contributed by atoms with E-state index in [1.165, 1.54) is 122 Å². The molecule has 1 N–H and O–H groups in total. The molecule has 166 valence electrons. The lowest BCUT2D eigenvalue weighted by atomic mass is 10.0. The average Bonchev–Trinajstić information content (AvgIpc) is 2.68. The van der Waals surface area contributed by atoms with Crippen molar-refractivity contribution in [3.8, 4) is 0 Å². The Kier molecular flexibility index (Phi) is 23.6. The van der Waals surface area contributed by atoms with Crippen LogP contribution in [-0.2, 0) is 4.79 Å². The number of aliphatic carboxylic acids is 1. The van der Waals surface area contributed by atoms with Crippen LogP contribution in [0.1, 0.15) is 148 Å². The van der Waals surface area contributed by atoms with Crippen molar-refractivity contribution in [2.45, 2.75) is 148 Å². The monoisotopic (exact) mass is 394 g/mol. The van der Waals surface area contributed by atoms with E-state index in [2.05, 4.69) is 19.1 Å². The summed E-state index contributed by atoms with van der Waals surface area (Å²) in [6.45, 7) is 2.28. The van der Waals surface area contributed by atoms with Crippen LogP contribution < -0.4 is 0 Å². The van der Waals surface area contributed by atoms with Gasteiger partial charge in [0, 0.05) is 6.42 Å². The zero-order chi connectivity index (χ0) is 20.5. The summed E-state index contributed by atoms with van der Waals surface area (Å²) in [5.74, 6) is -0.653. The van der Waals surface area contributed by atoms with Crippen LogP contribution in [0.15, 0.2) is 12.2 Å². The standard InChI is InChI=1S/C26H50O2/c1-2-3-4-5-6-7-8-9-10-11-12-13-14-15-16-17-18-19-20-21-22-23-24-25-26(27)28/h10-11H,2-9,12-25H2,1H3,(H,27,28). The second-order valence-electron chi connectivity index (χ2n) is 8.56. The summed E-state index contributed by atoms with van der Waals surface area (Å²) in [5, 5.41) is 8.58. The van der Waals surface area contributed by atoms with E-state index >= 15 is 0 Å². The van der Waals surface area contributed by atoms with Crippen molar-refractivity contribution in [1.82, 2.24) is 0 Å². The van der Waals surface area contributed by atoms with E-state index < -0.39 is 5.97 Å². The minimum atomic E-state index is -0.653. The van der Waals surface area contributed by atoms with E-state index in [0.29, 0.717) is 6.42 Å². The summed E-state index contributed by atoms with van der Waals surface area (Å²) in [7, 11) is 0. The van der Waals surface area contributed by atoms with Gasteiger partial charge in [0.1, 0.15) is 0 Å². The summed E-state index contributed by atoms with van der Waals surface area (Å²) in [6.07, 6.45) is 33.0. The molecular weight excluding hydrogens is 344 g/mol. The van der Waals surface area contributed by atoms with Gasteiger partial charge in [-0.05, 0) is 32.1 Å². The van der Waals surface area contributed by atoms with Crippen molar-refractivity contribution in [2.24, 2.45) is 0 Å². The normalized spacial score (nSPS) is 11.5. The molecule has 2 nitrogen and oxygen atoms in total. The van der Waals surface area contributed by atoms with E-state index in [1.54, 1.807) is 0 Å². The summed E-state index contributed by atoms with van der Waals surface area (Å²) < 4.78 is 0. The third kappa shape index (κ3) is 25.2. The first-order valence-electron chi connectivity index (χ1n) is 12.6. The molecule has 0 radical (unpaired) electrons. The molecule has 28 heavy (non-hydrogen) atoms. The average molecular weight is 395 g/mol. The number of allylic oxidation sites excluding steroid dienone is 2. The van der Waals surface area contributed by atoms with Crippen LogP contribution in [0.4, 0.5) is 0 Å². The van der Waals surface area contributed by atoms with Gasteiger partial charge in [-0.1, -0.05) is 122 Å². The molecule has 0 aliphatic heterocycles. The second-order valence-corrected chi connectivity index (χ2v) is 8.56. The van der Waals surface area contributed by atoms with E-state index in [-0.39, 0.29) is 0 Å². The summed E-state index contributed by atoms with van der Waals surface area (Å²) in [6, 6.07) is 0. The highest BCUT2D eigenvalue weighted by Gasteiger charge is 1.97. The lowest BCUT2D eigenvalue weighted by molar-refractivity contribution is -0.137. The molecule has 0 rings (SSSR count). The van der Waals surface area contributed by atoms with Crippen LogP contribution in [0.3, 0.4) is 0 Å². The predicted octanol–water partition coefficient (Wildman–Crippen LogP) is 9.23. The van der Waals surface area contributed by atoms with Crippen molar-refractivity contribution in [3.63, 3.8) is 0 Å². The van der Waals surface area contributed by atoms with Gasteiger partial charge in [-0.3, -0.25) is 4.79 Å². The van der Waals surface area contributed by atoms with Crippen LogP contribution in [0.25, 0.3) is 0 Å². The van der Waals surface area contributed by atoms with Crippen molar-refractivity contribution in [3.05, 3.63) is 12.2 Å². The minimum Gasteiger partial charge on any atom is -0.481 e. The van der Waals surface area contributed by atoms with Crippen LogP contribution in [0.2, 0.25) is 0 Å². The molecule has 0 aromatic carbocycles. The van der Waals surface area contributed by atoms with E-state index in [1.807, 2.05) is 0 Å². The molecule has 0 unspecified atom stereocenters. The smallest absolute Gasteiger partial charge is 0.303 e. The maximum absolute atomic E-state index is 10.4. The van der Waals surface area contributed by atoms with E-state index in [0.717, 1.165) is 12.8 Å². The quantitative estimate of drug-likeness (QED) is 0.138. The van der Waals surface area contributed by atoms with Crippen molar-refractivity contribution < 1.29 is 9.90 Å². The Bertz CT molecular complexity index is 335. The number of hydrogen-bond donors (Lipinski definition) is 1. The third-order valence-corrected chi connectivity index (χ3v) is 5.65. The number of hydrogen-bond acceptors (Lipinski definition) is 1. The fraction of sp³-hybridized carbons (Fsp3) is 0.885. The highest BCUT2D eigenvalue weighted by molar-refractivity contribution is 5.66. The molecule has 0 heterocycles. The Balaban J connectivity index is 3.07. The molecule has 0 atom stereocenters. The molecule has 0 bridgehead atoms. The zero-order valence-electron chi connectivity index (χ0n) is 19.1. The highest BCUT2D eigenvalue weighted by atomic mass is 16.4. The van der Waals surface area contributed by atoms with Crippen LogP contribution >= 0.6 is 0 Å². The van der Waals surface area contributed by atoms with Gasteiger partial charge in [0.05, 0.1) is 0 Å². The minimum absolute atomic E-state index is 0.342. The van der Waals surface area contributed by atoms with Gasteiger partial charge in [-0.25, -0.2) is 0 Å². The number of carboxylic acid groups (broad SMARTS) is 1. The molecule has 0 saturated carbocycles. The first kappa shape index (κ1) is 27.2. The fourth-order valence-corrected chi connectivity index (χ4v) is 3.76. The highest BCUT2D eigenvalue weighted by Crippen LogP contribution is 2.13. The molecule has 0 saturated heterocycles. The van der Waals surface area contributed by atoms with Crippen molar-refractivity contribution in [1.29, 1.82) is 0 Å². The maximum Gasteiger partial charge on any atom is 0.303 e.